The van der Waals surface area contributed by atoms with E-state index in [-0.39, 0.29) is 38.0 Å². The van der Waals surface area contributed by atoms with Gasteiger partial charge in [-0.1, -0.05) is 0 Å². The first-order valence-corrected chi connectivity index (χ1v) is 8.07. The summed E-state index contributed by atoms with van der Waals surface area (Å²) >= 11 is 0. The van der Waals surface area contributed by atoms with Gasteiger partial charge in [-0.2, -0.15) is 0 Å². The molecule has 0 unspecified atom stereocenters. The molecule has 0 spiro atoms. The van der Waals surface area contributed by atoms with E-state index in [0.717, 1.165) is 9.80 Å². The van der Waals surface area contributed by atoms with Crippen LogP contribution in [0.2, 0.25) is 0 Å². The van der Waals surface area contributed by atoms with E-state index in [9.17, 15) is 28.8 Å². The van der Waals surface area contributed by atoms with Gasteiger partial charge in [0.25, 0.3) is 0 Å². The Bertz CT molecular complexity index is 505. The average Bonchev–Trinajstić information content (AvgIpc) is 2.57. The number of hydrogen-bond donors (Lipinski definition) is 3. The minimum atomic E-state index is -0.403. The van der Waals surface area contributed by atoms with Crippen molar-refractivity contribution in [1.29, 1.82) is 0 Å². The second-order valence-corrected chi connectivity index (χ2v) is 5.48. The predicted octanol–water partition coefficient (Wildman–Crippen LogP) is -0.866. The Morgan fingerprint density at radius 3 is 1.04 bits per heavy atom. The average molecular weight is 406 g/mol. The van der Waals surface area contributed by atoms with Crippen LogP contribution in [0.5, 0.6) is 0 Å². The lowest BCUT2D eigenvalue weighted by Crippen LogP contribution is -2.43. The molecule has 0 heterocycles. The highest BCUT2D eigenvalue weighted by molar-refractivity contribution is 5.94. The van der Waals surface area contributed by atoms with Crippen LogP contribution in [0.1, 0.15) is 41.5 Å². The minimum Gasteiger partial charge on any atom is -0.323 e. The monoisotopic (exact) mass is 406 g/mol. The first-order chi connectivity index (χ1) is 12.8. The van der Waals surface area contributed by atoms with Crippen molar-refractivity contribution in [3.8, 4) is 0 Å². The van der Waals surface area contributed by atoms with Gasteiger partial charge in [0.05, 0.1) is 13.2 Å². The fraction of sp³-hybridized carbons (Fsp3) is 0.625. The number of imide groups is 2. The molecule has 0 aliphatic rings. The fourth-order valence-electron chi connectivity index (χ4n) is 1.85. The summed E-state index contributed by atoms with van der Waals surface area (Å²) < 4.78 is 0. The van der Waals surface area contributed by atoms with E-state index in [2.05, 4.69) is 0 Å². The van der Waals surface area contributed by atoms with E-state index in [1.165, 1.54) is 46.4 Å². The summed E-state index contributed by atoms with van der Waals surface area (Å²) in [4.78, 5) is 68.5. The highest BCUT2D eigenvalue weighted by Gasteiger charge is 2.18. The molecular formula is C16H30N4O8. The molecule has 0 bridgehead atoms. The Balaban J connectivity index is -0.000000447. The number of rotatable bonds is 6. The van der Waals surface area contributed by atoms with Crippen LogP contribution in [0.15, 0.2) is 0 Å². The van der Waals surface area contributed by atoms with Gasteiger partial charge < -0.3 is 10.6 Å². The van der Waals surface area contributed by atoms with Gasteiger partial charge in [0.1, 0.15) is 5.78 Å². The standard InChI is InChI=1S/C10H16N2O4.C6H12N2O2.H2O2/c1-7(13)11(8(2)14)5-6-12(9(3)15)10(4)16;1-5(9)3-8(4-7)6(2)10;1-2/h5-6H2,1-4H3;3-4,7H2,1-2H3;1-2H. The summed E-state index contributed by atoms with van der Waals surface area (Å²) in [6, 6.07) is 0. The number of carbonyl (C=O) groups excluding carboxylic acids is 6. The Hall–Kier alpha value is -2.70. The molecule has 4 N–H and O–H groups in total. The van der Waals surface area contributed by atoms with Gasteiger partial charge >= 0.3 is 0 Å². The Kier molecular flexibility index (Phi) is 17.7. The maximum absolute atomic E-state index is 11.1. The molecule has 0 saturated heterocycles. The molecule has 0 radical (unpaired) electrons. The normalized spacial score (nSPS) is 8.89. The predicted molar refractivity (Wildman–Crippen MR) is 98.5 cm³/mol. The quantitative estimate of drug-likeness (QED) is 0.287. The van der Waals surface area contributed by atoms with E-state index < -0.39 is 23.6 Å². The molecule has 0 rings (SSSR count). The van der Waals surface area contributed by atoms with Crippen molar-refractivity contribution < 1.29 is 39.3 Å². The van der Waals surface area contributed by atoms with Gasteiger partial charge in [0.15, 0.2) is 0 Å². The zero-order valence-electron chi connectivity index (χ0n) is 17.1. The molecule has 0 saturated carbocycles. The molecule has 0 aromatic rings. The number of Topliss-reactive ketones (excluding diaryl/α,β-unsaturated/α-hetero) is 1. The lowest BCUT2D eigenvalue weighted by atomic mass is 10.4. The molecule has 0 aromatic heterocycles. The Morgan fingerprint density at radius 2 is 0.929 bits per heavy atom. The lowest BCUT2D eigenvalue weighted by molar-refractivity contribution is -0.176. The molecule has 12 heteroatoms. The third-order valence-electron chi connectivity index (χ3n) is 3.15. The summed E-state index contributed by atoms with van der Waals surface area (Å²) in [6.07, 6.45) is 0. The molecular weight excluding hydrogens is 376 g/mol. The van der Waals surface area contributed by atoms with E-state index in [1.807, 2.05) is 0 Å². The van der Waals surface area contributed by atoms with Crippen LogP contribution in [-0.2, 0) is 28.8 Å². The molecule has 0 aliphatic heterocycles. The van der Waals surface area contributed by atoms with Crippen LogP contribution in [0, 0.1) is 0 Å². The maximum Gasteiger partial charge on any atom is 0.226 e. The molecule has 0 aliphatic carbocycles. The van der Waals surface area contributed by atoms with Crippen LogP contribution in [0.25, 0.3) is 0 Å². The van der Waals surface area contributed by atoms with Crippen molar-refractivity contribution in [3.63, 3.8) is 0 Å². The number of nitrogens with two attached hydrogens (primary N) is 1. The van der Waals surface area contributed by atoms with E-state index >= 15 is 0 Å². The molecule has 0 aromatic carbocycles. The zero-order valence-corrected chi connectivity index (χ0v) is 17.1. The zero-order chi connectivity index (χ0) is 23.0. The number of amides is 5. The van der Waals surface area contributed by atoms with Crippen LogP contribution in [0.4, 0.5) is 0 Å². The second-order valence-electron chi connectivity index (χ2n) is 5.48. The van der Waals surface area contributed by atoms with Gasteiger partial charge in [0.2, 0.25) is 29.5 Å². The number of nitrogens with zero attached hydrogens (tertiary/aromatic N) is 3. The van der Waals surface area contributed by atoms with Crippen molar-refractivity contribution in [1.82, 2.24) is 14.7 Å². The maximum atomic E-state index is 11.1. The third kappa shape index (κ3) is 14.5. The summed E-state index contributed by atoms with van der Waals surface area (Å²) in [7, 11) is 0. The molecule has 5 amide bonds. The van der Waals surface area contributed by atoms with Crippen molar-refractivity contribution >= 4 is 35.3 Å². The van der Waals surface area contributed by atoms with Crippen LogP contribution < -0.4 is 5.73 Å². The van der Waals surface area contributed by atoms with E-state index in [0.29, 0.717) is 0 Å². The minimum absolute atomic E-state index is 0.0316. The second kappa shape index (κ2) is 16.5. The van der Waals surface area contributed by atoms with Crippen molar-refractivity contribution in [2.24, 2.45) is 5.73 Å². The van der Waals surface area contributed by atoms with Gasteiger partial charge in [0, 0.05) is 47.7 Å². The fourth-order valence-corrected chi connectivity index (χ4v) is 1.85. The van der Waals surface area contributed by atoms with Crippen molar-refractivity contribution in [3.05, 3.63) is 0 Å². The number of hydrogen-bond acceptors (Lipinski definition) is 9. The lowest BCUT2D eigenvalue weighted by Gasteiger charge is -2.22. The van der Waals surface area contributed by atoms with Gasteiger partial charge in [-0.05, 0) is 6.92 Å². The SMILES string of the molecule is CC(=O)CN(CN)C(C)=O.CC(=O)N(CCN(C(C)=O)C(C)=O)C(C)=O.OO. The number of carbonyl (C=O) groups is 6. The van der Waals surface area contributed by atoms with Crippen molar-refractivity contribution in [2.45, 2.75) is 41.5 Å². The summed E-state index contributed by atoms with van der Waals surface area (Å²) in [5.74, 6) is -1.84. The third-order valence-corrected chi connectivity index (χ3v) is 3.15. The summed E-state index contributed by atoms with van der Waals surface area (Å²) in [6.45, 7) is 8.12. The first-order valence-electron chi connectivity index (χ1n) is 8.07. The molecule has 12 nitrogen and oxygen atoms in total. The van der Waals surface area contributed by atoms with E-state index in [4.69, 9.17) is 16.2 Å². The van der Waals surface area contributed by atoms with Gasteiger partial charge in [-0.15, -0.1) is 0 Å². The summed E-state index contributed by atoms with van der Waals surface area (Å²) in [5, 5.41) is 12.0. The van der Waals surface area contributed by atoms with Crippen molar-refractivity contribution in [2.75, 3.05) is 26.3 Å². The molecule has 28 heavy (non-hydrogen) atoms. The topological polar surface area (TPSA) is 179 Å². The largest absolute Gasteiger partial charge is 0.323 e. The highest BCUT2D eigenvalue weighted by atomic mass is 17.0. The molecule has 0 fully saturated rings. The number of ketones is 1. The smallest absolute Gasteiger partial charge is 0.226 e. The highest BCUT2D eigenvalue weighted by Crippen LogP contribution is 1.96. The van der Waals surface area contributed by atoms with Crippen LogP contribution in [0.3, 0.4) is 0 Å². The van der Waals surface area contributed by atoms with Gasteiger partial charge in [-0.3, -0.25) is 49.1 Å². The first kappa shape index (κ1) is 30.0. The van der Waals surface area contributed by atoms with E-state index in [1.54, 1.807) is 0 Å². The summed E-state index contributed by atoms with van der Waals surface area (Å²) in [5.41, 5.74) is 5.17. The Labute approximate surface area is 163 Å². The Morgan fingerprint density at radius 1 is 0.643 bits per heavy atom. The molecule has 162 valence electrons. The van der Waals surface area contributed by atoms with Crippen LogP contribution in [-0.4, -0.2) is 86.8 Å². The van der Waals surface area contributed by atoms with Crippen LogP contribution >= 0.6 is 0 Å². The van der Waals surface area contributed by atoms with Gasteiger partial charge in [-0.25, -0.2) is 0 Å². The molecule has 0 atom stereocenters.